The van der Waals surface area contributed by atoms with Crippen LogP contribution in [0.2, 0.25) is 0 Å². The topological polar surface area (TPSA) is 29.5 Å². The lowest BCUT2D eigenvalue weighted by molar-refractivity contribution is 0.669. The molecule has 0 unspecified atom stereocenters. The van der Waals surface area contributed by atoms with Gasteiger partial charge in [-0.25, -0.2) is 0 Å². The fraction of sp³-hybridized carbons (Fsp3) is 0. The maximum atomic E-state index is 6.37. The molecule has 10 rings (SSSR count). The van der Waals surface area contributed by atoms with Crippen molar-refractivity contribution < 1.29 is 8.83 Å². The van der Waals surface area contributed by atoms with Crippen LogP contribution in [0.5, 0.6) is 0 Å². The predicted molar refractivity (Wildman–Crippen MR) is 196 cm³/mol. The van der Waals surface area contributed by atoms with Gasteiger partial charge in [-0.3, -0.25) is 0 Å². The molecule has 0 aliphatic carbocycles. The van der Waals surface area contributed by atoms with E-state index in [1.807, 2.05) is 24.3 Å². The van der Waals surface area contributed by atoms with Crippen LogP contribution in [0.4, 0.5) is 17.1 Å². The zero-order chi connectivity index (χ0) is 30.9. The fourth-order valence-corrected chi connectivity index (χ4v) is 7.16. The van der Waals surface area contributed by atoms with Gasteiger partial charge in [0.2, 0.25) is 0 Å². The summed E-state index contributed by atoms with van der Waals surface area (Å²) in [5.41, 5.74) is 9.11. The van der Waals surface area contributed by atoms with E-state index in [2.05, 4.69) is 144 Å². The third-order valence-electron chi connectivity index (χ3n) is 9.41. The Morgan fingerprint density at radius 1 is 0.298 bits per heavy atom. The molecule has 3 heteroatoms. The average Bonchev–Trinajstić information content (AvgIpc) is 3.69. The lowest BCUT2D eigenvalue weighted by Crippen LogP contribution is -2.10. The highest BCUT2D eigenvalue weighted by atomic mass is 16.3. The summed E-state index contributed by atoms with van der Waals surface area (Å²) >= 11 is 0. The molecule has 2 aromatic heterocycles. The first kappa shape index (κ1) is 26.0. The van der Waals surface area contributed by atoms with Crippen molar-refractivity contribution in [3.05, 3.63) is 164 Å². The summed E-state index contributed by atoms with van der Waals surface area (Å²) < 4.78 is 12.6. The quantitative estimate of drug-likeness (QED) is 0.188. The number of fused-ring (bicyclic) bond motifs is 9. The second kappa shape index (κ2) is 10.1. The van der Waals surface area contributed by atoms with Gasteiger partial charge >= 0.3 is 0 Å². The van der Waals surface area contributed by atoms with Crippen LogP contribution < -0.4 is 4.90 Å². The lowest BCUT2D eigenvalue weighted by atomic mass is 9.98. The summed E-state index contributed by atoms with van der Waals surface area (Å²) in [6, 6.07) is 58.0. The van der Waals surface area contributed by atoms with Crippen LogP contribution in [-0.4, -0.2) is 0 Å². The SMILES string of the molecule is c1ccc(-c2cccc(N(c3ccc4c(c3)oc3ccccc34)c3ccc4ccc5cc6oc7ccccc7c6cc5c4c3)c2)cc1. The molecule has 0 fully saturated rings. The zero-order valence-corrected chi connectivity index (χ0v) is 25.4. The minimum atomic E-state index is 0.869. The molecule has 10 aromatic rings. The van der Waals surface area contributed by atoms with E-state index in [4.69, 9.17) is 8.83 Å². The number of nitrogens with zero attached hydrogens (tertiary/aromatic N) is 1. The maximum absolute atomic E-state index is 6.37. The van der Waals surface area contributed by atoms with Crippen LogP contribution in [0, 0.1) is 0 Å². The highest BCUT2D eigenvalue weighted by Gasteiger charge is 2.18. The van der Waals surface area contributed by atoms with E-state index in [0.29, 0.717) is 0 Å². The van der Waals surface area contributed by atoms with Crippen molar-refractivity contribution in [1.82, 2.24) is 0 Å². The standard InChI is InChI=1S/C44H27NO2/c1-2-9-28(10-3-1)30-11-8-12-32(23-30)45(34-21-22-37-35-13-4-6-15-41(35)47-44(37)26-34)33-20-19-29-17-18-31-24-43-40(27-39(31)38(29)25-33)36-14-5-7-16-42(36)46-43/h1-27H. The first-order chi connectivity index (χ1) is 23.3. The van der Waals surface area contributed by atoms with Crippen LogP contribution in [0.25, 0.3) is 76.5 Å². The molecule has 0 atom stereocenters. The van der Waals surface area contributed by atoms with Gasteiger partial charge in [-0.1, -0.05) is 97.1 Å². The molecule has 47 heavy (non-hydrogen) atoms. The third-order valence-corrected chi connectivity index (χ3v) is 9.41. The van der Waals surface area contributed by atoms with E-state index in [1.54, 1.807) is 0 Å². The Hall–Kier alpha value is -6.32. The molecule has 0 saturated heterocycles. The first-order valence-electron chi connectivity index (χ1n) is 15.9. The van der Waals surface area contributed by atoms with Gasteiger partial charge < -0.3 is 13.7 Å². The fourth-order valence-electron chi connectivity index (χ4n) is 7.16. The molecule has 0 aliphatic rings. The van der Waals surface area contributed by atoms with E-state index in [9.17, 15) is 0 Å². The Bertz CT molecular complexity index is 2810. The summed E-state index contributed by atoms with van der Waals surface area (Å²) in [4.78, 5) is 2.34. The van der Waals surface area contributed by atoms with Crippen LogP contribution in [0.3, 0.4) is 0 Å². The minimum absolute atomic E-state index is 0.869. The van der Waals surface area contributed by atoms with Crippen molar-refractivity contribution >= 4 is 82.5 Å². The Morgan fingerprint density at radius 2 is 0.872 bits per heavy atom. The largest absolute Gasteiger partial charge is 0.456 e. The molecule has 0 radical (unpaired) electrons. The Balaban J connectivity index is 1.21. The van der Waals surface area contributed by atoms with Gasteiger partial charge in [0, 0.05) is 44.7 Å². The van der Waals surface area contributed by atoms with E-state index < -0.39 is 0 Å². The summed E-state index contributed by atoms with van der Waals surface area (Å²) in [6.07, 6.45) is 0. The molecule has 3 nitrogen and oxygen atoms in total. The molecule has 8 aromatic carbocycles. The molecule has 0 saturated carbocycles. The summed E-state index contributed by atoms with van der Waals surface area (Å²) in [7, 11) is 0. The van der Waals surface area contributed by atoms with Crippen molar-refractivity contribution in [3.8, 4) is 11.1 Å². The van der Waals surface area contributed by atoms with Crippen molar-refractivity contribution in [2.45, 2.75) is 0 Å². The first-order valence-corrected chi connectivity index (χ1v) is 15.9. The zero-order valence-electron chi connectivity index (χ0n) is 25.4. The van der Waals surface area contributed by atoms with E-state index in [1.165, 1.54) is 27.3 Å². The molecular formula is C44H27NO2. The van der Waals surface area contributed by atoms with E-state index in [-0.39, 0.29) is 0 Å². The predicted octanol–water partition coefficient (Wildman–Crippen LogP) is 12.9. The minimum Gasteiger partial charge on any atom is -0.456 e. The second-order valence-corrected chi connectivity index (χ2v) is 12.2. The molecule has 0 aliphatic heterocycles. The molecule has 0 N–H and O–H groups in total. The van der Waals surface area contributed by atoms with E-state index in [0.717, 1.165) is 66.3 Å². The highest BCUT2D eigenvalue weighted by molar-refractivity contribution is 6.17. The summed E-state index contributed by atoms with van der Waals surface area (Å²) in [6.45, 7) is 0. The normalized spacial score (nSPS) is 11.8. The molecule has 0 bridgehead atoms. The number of rotatable bonds is 4. The van der Waals surface area contributed by atoms with Gasteiger partial charge in [-0.15, -0.1) is 0 Å². The maximum Gasteiger partial charge on any atom is 0.137 e. The van der Waals surface area contributed by atoms with Crippen LogP contribution in [0.15, 0.2) is 173 Å². The number of para-hydroxylation sites is 2. The number of hydrogen-bond donors (Lipinski definition) is 0. The Kier molecular flexibility index (Phi) is 5.57. The average molecular weight is 602 g/mol. The van der Waals surface area contributed by atoms with Gasteiger partial charge in [0.05, 0.1) is 0 Å². The van der Waals surface area contributed by atoms with Gasteiger partial charge in [-0.2, -0.15) is 0 Å². The van der Waals surface area contributed by atoms with Crippen molar-refractivity contribution in [3.63, 3.8) is 0 Å². The van der Waals surface area contributed by atoms with Crippen LogP contribution in [-0.2, 0) is 0 Å². The number of furan rings is 2. The third kappa shape index (κ3) is 4.14. The monoisotopic (exact) mass is 601 g/mol. The van der Waals surface area contributed by atoms with E-state index >= 15 is 0 Å². The number of benzene rings is 8. The van der Waals surface area contributed by atoms with Gasteiger partial charge in [0.25, 0.3) is 0 Å². The van der Waals surface area contributed by atoms with Crippen molar-refractivity contribution in [1.29, 1.82) is 0 Å². The van der Waals surface area contributed by atoms with Crippen LogP contribution >= 0.6 is 0 Å². The van der Waals surface area contributed by atoms with Crippen LogP contribution in [0.1, 0.15) is 0 Å². The van der Waals surface area contributed by atoms with Crippen molar-refractivity contribution in [2.75, 3.05) is 4.90 Å². The second-order valence-electron chi connectivity index (χ2n) is 12.2. The molecular weight excluding hydrogens is 574 g/mol. The number of hydrogen-bond acceptors (Lipinski definition) is 3. The van der Waals surface area contributed by atoms with Gasteiger partial charge in [0.1, 0.15) is 22.3 Å². The lowest BCUT2D eigenvalue weighted by Gasteiger charge is -2.26. The molecule has 0 spiro atoms. The van der Waals surface area contributed by atoms with Crippen molar-refractivity contribution in [2.24, 2.45) is 0 Å². The molecule has 0 amide bonds. The van der Waals surface area contributed by atoms with Gasteiger partial charge in [0.15, 0.2) is 0 Å². The highest BCUT2D eigenvalue weighted by Crippen LogP contribution is 2.42. The Labute approximate surface area is 270 Å². The Morgan fingerprint density at radius 3 is 1.70 bits per heavy atom. The number of anilines is 3. The molecule has 2 heterocycles. The smallest absolute Gasteiger partial charge is 0.137 e. The summed E-state index contributed by atoms with van der Waals surface area (Å²) in [5, 5.41) is 9.26. The summed E-state index contributed by atoms with van der Waals surface area (Å²) in [5.74, 6) is 0. The van der Waals surface area contributed by atoms with Gasteiger partial charge in [-0.05, 0) is 93.3 Å². The molecule has 220 valence electrons.